The molecule has 0 radical (unpaired) electrons. The van der Waals surface area contributed by atoms with Crippen LogP contribution >= 0.6 is 0 Å². The molecular formula is C16H19NO2. The largest absolute Gasteiger partial charge is 0.508 e. The summed E-state index contributed by atoms with van der Waals surface area (Å²) in [6.07, 6.45) is 6.79. The lowest BCUT2D eigenvalue weighted by Crippen LogP contribution is -2.35. The molecule has 2 aliphatic rings. The van der Waals surface area contributed by atoms with Gasteiger partial charge in [-0.3, -0.25) is 0 Å². The van der Waals surface area contributed by atoms with Gasteiger partial charge in [0.2, 0.25) is 0 Å². The molecular weight excluding hydrogens is 238 g/mol. The second-order valence-corrected chi connectivity index (χ2v) is 4.99. The van der Waals surface area contributed by atoms with E-state index in [2.05, 4.69) is 17.1 Å². The molecule has 1 aliphatic heterocycles. The smallest absolute Gasteiger partial charge is 0.115 e. The van der Waals surface area contributed by atoms with E-state index in [4.69, 9.17) is 4.74 Å². The SMILES string of the molecule is Oc1ccc(/C=C2\CCC=C2N2CCOCC2)cc1. The summed E-state index contributed by atoms with van der Waals surface area (Å²) in [6.45, 7) is 3.62. The maximum atomic E-state index is 9.32. The van der Waals surface area contributed by atoms with Crippen LogP contribution in [0.15, 0.2) is 41.6 Å². The predicted molar refractivity (Wildman–Crippen MR) is 75.8 cm³/mol. The van der Waals surface area contributed by atoms with Crippen molar-refractivity contribution in [2.45, 2.75) is 12.8 Å². The number of aromatic hydroxyl groups is 1. The van der Waals surface area contributed by atoms with Crippen LogP contribution in [-0.2, 0) is 4.74 Å². The molecule has 0 unspecified atom stereocenters. The summed E-state index contributed by atoms with van der Waals surface area (Å²) in [7, 11) is 0. The van der Waals surface area contributed by atoms with Gasteiger partial charge in [0, 0.05) is 18.8 Å². The molecule has 0 bridgehead atoms. The number of rotatable bonds is 2. The Labute approximate surface area is 113 Å². The molecule has 0 saturated carbocycles. The molecule has 1 N–H and O–H groups in total. The van der Waals surface area contributed by atoms with Crippen LogP contribution in [0.3, 0.4) is 0 Å². The van der Waals surface area contributed by atoms with E-state index >= 15 is 0 Å². The van der Waals surface area contributed by atoms with Gasteiger partial charge in [0.25, 0.3) is 0 Å². The minimum Gasteiger partial charge on any atom is -0.508 e. The van der Waals surface area contributed by atoms with E-state index in [0.29, 0.717) is 5.75 Å². The molecule has 0 aromatic heterocycles. The zero-order valence-electron chi connectivity index (χ0n) is 11.0. The minimum absolute atomic E-state index is 0.317. The standard InChI is InChI=1S/C16H19NO2/c18-15-6-4-13(5-7-15)12-14-2-1-3-16(14)17-8-10-19-11-9-17/h3-7,12,18H,1-2,8-11H2/b14-12+. The molecule has 19 heavy (non-hydrogen) atoms. The number of phenolic OH excluding ortho intramolecular Hbond substituents is 1. The van der Waals surface area contributed by atoms with Gasteiger partial charge in [-0.25, -0.2) is 0 Å². The molecule has 1 fully saturated rings. The maximum Gasteiger partial charge on any atom is 0.115 e. The molecule has 1 aromatic carbocycles. The van der Waals surface area contributed by atoms with Gasteiger partial charge in [-0.1, -0.05) is 18.2 Å². The summed E-state index contributed by atoms with van der Waals surface area (Å²) >= 11 is 0. The van der Waals surface area contributed by atoms with Gasteiger partial charge in [0.1, 0.15) is 5.75 Å². The summed E-state index contributed by atoms with van der Waals surface area (Å²) in [5.41, 5.74) is 3.91. The summed E-state index contributed by atoms with van der Waals surface area (Å²) in [5.74, 6) is 0.317. The molecule has 0 amide bonds. The molecule has 0 spiro atoms. The zero-order chi connectivity index (χ0) is 13.1. The van der Waals surface area contributed by atoms with E-state index < -0.39 is 0 Å². The first kappa shape index (κ1) is 12.3. The van der Waals surface area contributed by atoms with Crippen LogP contribution in [0, 0.1) is 0 Å². The van der Waals surface area contributed by atoms with Crippen molar-refractivity contribution in [2.24, 2.45) is 0 Å². The van der Waals surface area contributed by atoms with Crippen LogP contribution in [0.1, 0.15) is 18.4 Å². The molecule has 0 atom stereocenters. The third kappa shape index (κ3) is 2.82. The number of morpholine rings is 1. The van der Waals surface area contributed by atoms with Gasteiger partial charge >= 0.3 is 0 Å². The number of hydrogen-bond donors (Lipinski definition) is 1. The first-order valence-electron chi connectivity index (χ1n) is 6.86. The lowest BCUT2D eigenvalue weighted by molar-refractivity contribution is 0.0550. The second-order valence-electron chi connectivity index (χ2n) is 4.99. The van der Waals surface area contributed by atoms with Crippen LogP contribution in [0.4, 0.5) is 0 Å². The first-order valence-corrected chi connectivity index (χ1v) is 6.86. The van der Waals surface area contributed by atoms with E-state index in [1.807, 2.05) is 12.1 Å². The summed E-state index contributed by atoms with van der Waals surface area (Å²) in [6, 6.07) is 7.38. The number of nitrogens with zero attached hydrogens (tertiary/aromatic N) is 1. The Morgan fingerprint density at radius 2 is 1.84 bits per heavy atom. The van der Waals surface area contributed by atoms with Crippen molar-refractivity contribution in [3.05, 3.63) is 47.2 Å². The Balaban J connectivity index is 1.79. The lowest BCUT2D eigenvalue weighted by atomic mass is 10.1. The van der Waals surface area contributed by atoms with Crippen molar-refractivity contribution in [3.8, 4) is 5.75 Å². The predicted octanol–water partition coefficient (Wildman–Crippen LogP) is 2.79. The van der Waals surface area contributed by atoms with E-state index in [9.17, 15) is 5.11 Å². The fourth-order valence-corrected chi connectivity index (χ4v) is 2.68. The van der Waals surface area contributed by atoms with Gasteiger partial charge in [-0.2, -0.15) is 0 Å². The maximum absolute atomic E-state index is 9.32. The van der Waals surface area contributed by atoms with Gasteiger partial charge in [0.05, 0.1) is 13.2 Å². The van der Waals surface area contributed by atoms with Crippen LogP contribution in [0.5, 0.6) is 5.75 Å². The number of phenols is 1. The second kappa shape index (κ2) is 5.49. The number of hydrogen-bond acceptors (Lipinski definition) is 3. The lowest BCUT2D eigenvalue weighted by Gasteiger charge is -2.30. The van der Waals surface area contributed by atoms with Crippen molar-refractivity contribution in [3.63, 3.8) is 0 Å². The third-order valence-corrected chi connectivity index (χ3v) is 3.67. The fourth-order valence-electron chi connectivity index (χ4n) is 2.68. The highest BCUT2D eigenvalue weighted by atomic mass is 16.5. The molecule has 100 valence electrons. The molecule has 1 heterocycles. The summed E-state index contributed by atoms with van der Waals surface area (Å²) < 4.78 is 5.41. The monoisotopic (exact) mass is 257 g/mol. The van der Waals surface area contributed by atoms with Gasteiger partial charge in [-0.15, -0.1) is 0 Å². The van der Waals surface area contributed by atoms with Gasteiger partial charge in [-0.05, 0) is 42.2 Å². The van der Waals surface area contributed by atoms with Crippen molar-refractivity contribution in [1.29, 1.82) is 0 Å². The highest BCUT2D eigenvalue weighted by molar-refractivity contribution is 5.60. The van der Waals surface area contributed by atoms with Crippen molar-refractivity contribution >= 4 is 6.08 Å². The average Bonchev–Trinajstić information content (AvgIpc) is 2.90. The van der Waals surface area contributed by atoms with Crippen LogP contribution in [-0.4, -0.2) is 36.3 Å². The Bertz CT molecular complexity index is 496. The number of allylic oxidation sites excluding steroid dienone is 2. The molecule has 3 nitrogen and oxygen atoms in total. The van der Waals surface area contributed by atoms with Crippen molar-refractivity contribution in [1.82, 2.24) is 4.90 Å². The highest BCUT2D eigenvalue weighted by Crippen LogP contribution is 2.30. The van der Waals surface area contributed by atoms with Crippen molar-refractivity contribution in [2.75, 3.05) is 26.3 Å². The number of ether oxygens (including phenoxy) is 1. The fraction of sp³-hybridized carbons (Fsp3) is 0.375. The Hall–Kier alpha value is -1.74. The van der Waals surface area contributed by atoms with Crippen LogP contribution in [0.25, 0.3) is 6.08 Å². The van der Waals surface area contributed by atoms with E-state index in [1.165, 1.54) is 11.3 Å². The molecule has 1 aliphatic carbocycles. The molecule has 1 aromatic rings. The third-order valence-electron chi connectivity index (χ3n) is 3.67. The van der Waals surface area contributed by atoms with Gasteiger partial charge < -0.3 is 14.7 Å². The van der Waals surface area contributed by atoms with E-state index in [-0.39, 0.29) is 0 Å². The van der Waals surface area contributed by atoms with Gasteiger partial charge in [0.15, 0.2) is 0 Å². The van der Waals surface area contributed by atoms with Crippen LogP contribution in [0.2, 0.25) is 0 Å². The summed E-state index contributed by atoms with van der Waals surface area (Å²) in [4.78, 5) is 2.42. The molecule has 3 heteroatoms. The topological polar surface area (TPSA) is 32.7 Å². The zero-order valence-corrected chi connectivity index (χ0v) is 11.0. The average molecular weight is 257 g/mol. The van der Waals surface area contributed by atoms with Crippen LogP contribution < -0.4 is 0 Å². The summed E-state index contributed by atoms with van der Waals surface area (Å²) in [5, 5.41) is 9.32. The van der Waals surface area contributed by atoms with E-state index in [1.54, 1.807) is 12.1 Å². The van der Waals surface area contributed by atoms with E-state index in [0.717, 1.165) is 44.7 Å². The minimum atomic E-state index is 0.317. The first-order chi connectivity index (χ1) is 9.33. The Morgan fingerprint density at radius 1 is 1.11 bits per heavy atom. The quantitative estimate of drug-likeness (QED) is 0.884. The number of benzene rings is 1. The molecule has 3 rings (SSSR count). The molecule has 1 saturated heterocycles. The van der Waals surface area contributed by atoms with Crippen molar-refractivity contribution < 1.29 is 9.84 Å². The Kier molecular flexibility index (Phi) is 3.56. The Morgan fingerprint density at radius 3 is 2.58 bits per heavy atom. The highest BCUT2D eigenvalue weighted by Gasteiger charge is 2.20. The normalized spacial score (nSPS) is 21.8.